The lowest BCUT2D eigenvalue weighted by molar-refractivity contribution is 0.0768. The normalized spacial score (nSPS) is 10.8. The van der Waals surface area contributed by atoms with Gasteiger partial charge in [-0.15, -0.1) is 16.4 Å². The SMILES string of the molecule is CCCCN(CC)C(=O)c1sc2nnccc2c1N. The highest BCUT2D eigenvalue weighted by atomic mass is 32.1. The minimum Gasteiger partial charge on any atom is -0.397 e. The van der Waals surface area contributed by atoms with E-state index < -0.39 is 0 Å². The van der Waals surface area contributed by atoms with Gasteiger partial charge in [0.25, 0.3) is 5.91 Å². The number of hydrogen-bond acceptors (Lipinski definition) is 5. The molecule has 2 N–H and O–H groups in total. The van der Waals surface area contributed by atoms with Crippen LogP contribution in [0.2, 0.25) is 0 Å². The zero-order valence-electron chi connectivity index (χ0n) is 11.2. The van der Waals surface area contributed by atoms with Crippen LogP contribution < -0.4 is 5.73 Å². The standard InChI is InChI=1S/C13H18N4OS/c1-3-5-8-17(4-2)13(18)11-10(14)9-6-7-15-16-12(9)19-11/h6-7H,3-5,8,14H2,1-2H3. The zero-order chi connectivity index (χ0) is 13.8. The Kier molecular flexibility index (Phi) is 4.31. The first-order chi connectivity index (χ1) is 9.19. The number of aromatic nitrogens is 2. The van der Waals surface area contributed by atoms with Crippen LogP contribution in [0.3, 0.4) is 0 Å². The predicted molar refractivity (Wildman–Crippen MR) is 78.3 cm³/mol. The fraction of sp³-hybridized carbons (Fsp3) is 0.462. The number of amides is 1. The Morgan fingerprint density at radius 2 is 2.26 bits per heavy atom. The maximum absolute atomic E-state index is 12.5. The third kappa shape index (κ3) is 2.68. The van der Waals surface area contributed by atoms with Crippen molar-refractivity contribution in [2.45, 2.75) is 26.7 Å². The van der Waals surface area contributed by atoms with Crippen LogP contribution in [0.25, 0.3) is 10.2 Å². The van der Waals surface area contributed by atoms with Gasteiger partial charge in [0.1, 0.15) is 9.71 Å². The van der Waals surface area contributed by atoms with Crippen molar-refractivity contribution in [3.8, 4) is 0 Å². The Labute approximate surface area is 116 Å². The molecule has 0 aliphatic carbocycles. The van der Waals surface area contributed by atoms with Crippen LogP contribution in [0.5, 0.6) is 0 Å². The van der Waals surface area contributed by atoms with Gasteiger partial charge in [0.05, 0.1) is 11.9 Å². The van der Waals surface area contributed by atoms with Crippen LogP contribution >= 0.6 is 11.3 Å². The zero-order valence-corrected chi connectivity index (χ0v) is 12.0. The molecule has 1 amide bonds. The molecule has 5 nitrogen and oxygen atoms in total. The third-order valence-electron chi connectivity index (χ3n) is 3.07. The van der Waals surface area contributed by atoms with E-state index in [0.717, 1.165) is 29.6 Å². The van der Waals surface area contributed by atoms with Crippen molar-refractivity contribution in [1.29, 1.82) is 0 Å². The number of hydrogen-bond donors (Lipinski definition) is 1. The fourth-order valence-corrected chi connectivity index (χ4v) is 2.93. The molecule has 0 aliphatic rings. The highest BCUT2D eigenvalue weighted by molar-refractivity contribution is 7.21. The van der Waals surface area contributed by atoms with Crippen molar-refractivity contribution in [2.75, 3.05) is 18.8 Å². The van der Waals surface area contributed by atoms with Gasteiger partial charge >= 0.3 is 0 Å². The Balaban J connectivity index is 2.32. The molecule has 0 atom stereocenters. The van der Waals surface area contributed by atoms with Crippen molar-refractivity contribution in [1.82, 2.24) is 15.1 Å². The molecule has 0 radical (unpaired) electrons. The van der Waals surface area contributed by atoms with Crippen LogP contribution in [-0.4, -0.2) is 34.1 Å². The van der Waals surface area contributed by atoms with Crippen LogP contribution in [0.4, 0.5) is 5.69 Å². The lowest BCUT2D eigenvalue weighted by atomic mass is 10.2. The van der Waals surface area contributed by atoms with E-state index in [1.165, 1.54) is 11.3 Å². The quantitative estimate of drug-likeness (QED) is 0.912. The first-order valence-electron chi connectivity index (χ1n) is 6.48. The van der Waals surface area contributed by atoms with Crippen molar-refractivity contribution in [2.24, 2.45) is 0 Å². The van der Waals surface area contributed by atoms with Crippen LogP contribution in [0, 0.1) is 0 Å². The molecule has 0 bridgehead atoms. The van der Waals surface area contributed by atoms with Crippen molar-refractivity contribution < 1.29 is 4.79 Å². The summed E-state index contributed by atoms with van der Waals surface area (Å²) in [5.74, 6) is -0.00329. The molecular weight excluding hydrogens is 260 g/mol. The fourth-order valence-electron chi connectivity index (χ4n) is 1.93. The number of rotatable bonds is 5. The maximum Gasteiger partial charge on any atom is 0.266 e. The number of carbonyl (C=O) groups is 1. The summed E-state index contributed by atoms with van der Waals surface area (Å²) in [7, 11) is 0. The van der Waals surface area contributed by atoms with Crippen LogP contribution in [0.1, 0.15) is 36.4 Å². The summed E-state index contributed by atoms with van der Waals surface area (Å²) in [6, 6.07) is 1.80. The van der Waals surface area contributed by atoms with Gasteiger partial charge in [-0.3, -0.25) is 4.79 Å². The van der Waals surface area contributed by atoms with Crippen molar-refractivity contribution in [3.63, 3.8) is 0 Å². The molecular formula is C13H18N4OS. The molecule has 2 heterocycles. The predicted octanol–water partition coefficient (Wildman–Crippen LogP) is 2.54. The molecule has 0 unspecified atom stereocenters. The summed E-state index contributed by atoms with van der Waals surface area (Å²) in [6.45, 7) is 5.56. The Morgan fingerprint density at radius 3 is 2.89 bits per heavy atom. The summed E-state index contributed by atoms with van der Waals surface area (Å²) in [4.78, 5) is 15.6. The first kappa shape index (κ1) is 13.7. The van der Waals surface area contributed by atoms with Gasteiger partial charge in [0, 0.05) is 18.5 Å². The summed E-state index contributed by atoms with van der Waals surface area (Å²) >= 11 is 1.32. The second-order valence-electron chi connectivity index (χ2n) is 4.33. The number of nitrogens with zero attached hydrogens (tertiary/aromatic N) is 3. The number of carbonyl (C=O) groups excluding carboxylic acids is 1. The molecule has 19 heavy (non-hydrogen) atoms. The number of nitrogens with two attached hydrogens (primary N) is 1. The van der Waals surface area contributed by atoms with Gasteiger partial charge in [-0.2, -0.15) is 5.10 Å². The van der Waals surface area contributed by atoms with Gasteiger partial charge in [0.2, 0.25) is 0 Å². The van der Waals surface area contributed by atoms with Crippen LogP contribution in [-0.2, 0) is 0 Å². The van der Waals surface area contributed by atoms with E-state index in [2.05, 4.69) is 17.1 Å². The second kappa shape index (κ2) is 5.97. The van der Waals surface area contributed by atoms with E-state index in [0.29, 0.717) is 17.1 Å². The number of nitrogen functional groups attached to an aromatic ring is 1. The van der Waals surface area contributed by atoms with Crippen molar-refractivity contribution >= 4 is 33.1 Å². The number of fused-ring (bicyclic) bond motifs is 1. The van der Waals surface area contributed by atoms with Crippen molar-refractivity contribution in [3.05, 3.63) is 17.1 Å². The lowest BCUT2D eigenvalue weighted by Gasteiger charge is -2.20. The average molecular weight is 278 g/mol. The Bertz CT molecular complexity index is 581. The molecule has 6 heteroatoms. The lowest BCUT2D eigenvalue weighted by Crippen LogP contribution is -2.31. The molecule has 0 aliphatic heterocycles. The van der Waals surface area contributed by atoms with Gasteiger partial charge in [-0.1, -0.05) is 13.3 Å². The first-order valence-corrected chi connectivity index (χ1v) is 7.29. The van der Waals surface area contributed by atoms with Gasteiger partial charge in [0.15, 0.2) is 0 Å². The van der Waals surface area contributed by atoms with E-state index in [1.54, 1.807) is 12.3 Å². The average Bonchev–Trinajstić information content (AvgIpc) is 2.77. The molecule has 0 aromatic carbocycles. The smallest absolute Gasteiger partial charge is 0.266 e. The molecule has 2 aromatic heterocycles. The number of anilines is 1. The summed E-state index contributed by atoms with van der Waals surface area (Å²) in [6.07, 6.45) is 3.66. The van der Waals surface area contributed by atoms with E-state index in [9.17, 15) is 4.79 Å². The third-order valence-corrected chi connectivity index (χ3v) is 4.16. The topological polar surface area (TPSA) is 72.1 Å². The molecule has 2 aromatic rings. The number of unbranched alkanes of at least 4 members (excludes halogenated alkanes) is 1. The molecule has 2 rings (SSSR count). The van der Waals surface area contributed by atoms with Crippen LogP contribution in [0.15, 0.2) is 12.3 Å². The van der Waals surface area contributed by atoms with E-state index in [4.69, 9.17) is 5.73 Å². The van der Waals surface area contributed by atoms with Gasteiger partial charge in [-0.05, 0) is 19.4 Å². The van der Waals surface area contributed by atoms with E-state index >= 15 is 0 Å². The van der Waals surface area contributed by atoms with E-state index in [1.807, 2.05) is 11.8 Å². The molecule has 0 fully saturated rings. The summed E-state index contributed by atoms with van der Waals surface area (Å²) in [5.41, 5.74) is 6.58. The Morgan fingerprint density at radius 1 is 1.47 bits per heavy atom. The van der Waals surface area contributed by atoms with Gasteiger partial charge in [-0.25, -0.2) is 0 Å². The molecule has 0 saturated heterocycles. The second-order valence-corrected chi connectivity index (χ2v) is 5.33. The highest BCUT2D eigenvalue weighted by Gasteiger charge is 2.21. The molecule has 0 spiro atoms. The monoisotopic (exact) mass is 278 g/mol. The largest absolute Gasteiger partial charge is 0.397 e. The van der Waals surface area contributed by atoms with Gasteiger partial charge < -0.3 is 10.6 Å². The highest BCUT2D eigenvalue weighted by Crippen LogP contribution is 2.32. The minimum absolute atomic E-state index is 0.00329. The molecule has 102 valence electrons. The molecule has 0 saturated carbocycles. The summed E-state index contributed by atoms with van der Waals surface area (Å²) < 4.78 is 0. The minimum atomic E-state index is -0.00329. The summed E-state index contributed by atoms with van der Waals surface area (Å²) in [5, 5.41) is 8.65. The van der Waals surface area contributed by atoms with E-state index in [-0.39, 0.29) is 5.91 Å². The number of thiophene rings is 1. The Hall–Kier alpha value is -1.69. The maximum atomic E-state index is 12.5.